The molecule has 12 heteroatoms. The van der Waals surface area contributed by atoms with Gasteiger partial charge in [0.05, 0.1) is 24.4 Å². The number of Topliss-reactive ketones (excluding diaryl/α,β-unsaturated/α-hetero) is 1. The van der Waals surface area contributed by atoms with E-state index in [-0.39, 0.29) is 31.1 Å². The van der Waals surface area contributed by atoms with Crippen LogP contribution in [0, 0.1) is 23.7 Å². The first-order chi connectivity index (χ1) is 27.3. The molecule has 13 atom stereocenters. The van der Waals surface area contributed by atoms with Crippen LogP contribution in [0.25, 0.3) is 6.08 Å². The van der Waals surface area contributed by atoms with Crippen LogP contribution in [0.15, 0.2) is 53.0 Å². The van der Waals surface area contributed by atoms with Crippen LogP contribution in [-0.4, -0.2) is 111 Å². The Hall–Kier alpha value is -3.13. The number of likely N-dealkylation sites (N-methyl/N-ethyl adjacent to an activating group) is 1. The van der Waals surface area contributed by atoms with Gasteiger partial charge >= 0.3 is 5.97 Å². The molecule has 0 radical (unpaired) electrons. The van der Waals surface area contributed by atoms with Crippen LogP contribution in [0.1, 0.15) is 121 Å². The lowest BCUT2D eigenvalue weighted by Crippen LogP contribution is -2.62. The molecule has 0 unspecified atom stereocenters. The molecule has 1 aromatic rings. The average Bonchev–Trinajstić information content (AvgIpc) is 3.17. The highest BCUT2D eigenvalue weighted by Gasteiger charge is 2.56. The Labute approximate surface area is 351 Å². The first-order valence-electron chi connectivity index (χ1n) is 21.4. The van der Waals surface area contributed by atoms with Crippen LogP contribution in [0.3, 0.4) is 0 Å². The molecule has 0 aliphatic carbocycles. The summed E-state index contributed by atoms with van der Waals surface area (Å²) in [6.45, 7) is 20.7. The van der Waals surface area contributed by atoms with E-state index in [0.717, 1.165) is 18.1 Å². The van der Waals surface area contributed by atoms with Gasteiger partial charge < -0.3 is 29.2 Å². The third-order valence-electron chi connectivity index (χ3n) is 13.1. The van der Waals surface area contributed by atoms with Crippen LogP contribution in [-0.2, 0) is 33.3 Å². The lowest BCUT2D eigenvalue weighted by molar-refractivity contribution is -0.299. The molecule has 0 aromatic heterocycles. The molecule has 3 fully saturated rings. The molecule has 1 amide bonds. The second-order valence-electron chi connectivity index (χ2n) is 18.9. The Balaban J connectivity index is 2.00. The molecule has 0 spiro atoms. The van der Waals surface area contributed by atoms with Crippen LogP contribution < -0.4 is 0 Å². The van der Waals surface area contributed by atoms with Crippen molar-refractivity contribution in [1.82, 2.24) is 4.90 Å². The predicted octanol–water partition coefficient (Wildman–Crippen LogP) is 7.46. The number of aliphatic hydroxyl groups is 2. The van der Waals surface area contributed by atoms with Crippen molar-refractivity contribution in [2.45, 2.75) is 174 Å². The number of benzene rings is 1. The second kappa shape index (κ2) is 19.3. The lowest BCUT2D eigenvalue weighted by Gasteiger charge is -2.49. The van der Waals surface area contributed by atoms with Gasteiger partial charge in [0.15, 0.2) is 12.1 Å². The number of ether oxygens (including phenoxy) is 4. The van der Waals surface area contributed by atoms with Crippen molar-refractivity contribution in [2.75, 3.05) is 13.7 Å². The zero-order valence-corrected chi connectivity index (χ0v) is 37.7. The van der Waals surface area contributed by atoms with Crippen molar-refractivity contribution in [1.29, 1.82) is 0 Å². The standard InChI is InChI=1S/C47H71FN2O9/c1-14-37-47(12,55)35-24-23-34(22-18-21-33-19-16-15-17-20-33)27-56-45(10,26-28(2)38(30(35)4)49-32(6)51)41(31(5)40(53)46(11,48)43(54)58-37)59-42-39(52)36(25-29(3)57-42)50(13)44(7,8)9/h15-22,28-31,35-37,39,41-42,52,55H,14,23-27H2,1-13H3/b21-18+,34-22+,49-38+/t28-,29-,30-,31+,35-,36+,37-,39-,41-,42+,45-,46+,47+/m1/s1. The number of cyclic esters (lactones) is 1. The van der Waals surface area contributed by atoms with E-state index in [1.54, 1.807) is 20.8 Å². The van der Waals surface area contributed by atoms with Gasteiger partial charge in [0.2, 0.25) is 5.91 Å². The first-order valence-corrected chi connectivity index (χ1v) is 21.4. The Bertz CT molecular complexity index is 1720. The van der Waals surface area contributed by atoms with Gasteiger partial charge in [-0.1, -0.05) is 76.3 Å². The number of amides is 1. The highest BCUT2D eigenvalue weighted by molar-refractivity contribution is 6.08. The number of esters is 1. The van der Waals surface area contributed by atoms with Crippen LogP contribution >= 0.6 is 0 Å². The van der Waals surface area contributed by atoms with Crippen LogP contribution in [0.5, 0.6) is 0 Å². The Kier molecular flexibility index (Phi) is 15.9. The number of carbonyl (C=O) groups excluding carboxylic acids is 3. The molecule has 330 valence electrons. The van der Waals surface area contributed by atoms with Gasteiger partial charge in [-0.15, -0.1) is 0 Å². The van der Waals surface area contributed by atoms with E-state index >= 15 is 4.39 Å². The molecule has 4 rings (SSSR count). The van der Waals surface area contributed by atoms with Gasteiger partial charge in [-0.3, -0.25) is 14.5 Å². The molecule has 1 aromatic carbocycles. The summed E-state index contributed by atoms with van der Waals surface area (Å²) < 4.78 is 43.0. The SMILES string of the molecule is CC[C@H]1OC(=O)[C@@](C)(F)C(=O)[C@H](C)[C@@H](O[C@@H]2O[C@H](C)C[C@H](N(C)C(C)(C)C)[C@H]2O)[C@@]2(C)C[C@@H](C)/C(=N\C(C)=O)[C@H](C)[C@@H](CC/C(=C\C=C\c3ccccc3)CO2)[C@]1(C)O. The summed E-state index contributed by atoms with van der Waals surface area (Å²) in [5.74, 6) is -5.99. The Morgan fingerprint density at radius 3 is 2.32 bits per heavy atom. The molecule has 2 N–H and O–H groups in total. The lowest BCUT2D eigenvalue weighted by atomic mass is 9.68. The zero-order valence-electron chi connectivity index (χ0n) is 37.7. The number of ketones is 1. The number of halogens is 1. The van der Waals surface area contributed by atoms with Crippen molar-refractivity contribution in [3.63, 3.8) is 0 Å². The molecule has 3 saturated heterocycles. The quantitative estimate of drug-likeness (QED) is 0.219. The smallest absolute Gasteiger partial charge is 0.351 e. The molecule has 2 bridgehead atoms. The Morgan fingerprint density at radius 1 is 1.08 bits per heavy atom. The molecule has 0 saturated carbocycles. The maximum absolute atomic E-state index is 17.0. The summed E-state index contributed by atoms with van der Waals surface area (Å²) in [7, 11) is 1.93. The maximum Gasteiger partial charge on any atom is 0.351 e. The fraction of sp³-hybridized carbons (Fsp3) is 0.702. The number of hydrogen-bond donors (Lipinski definition) is 2. The minimum Gasteiger partial charge on any atom is -0.457 e. The van der Waals surface area contributed by atoms with Gasteiger partial charge in [0, 0.05) is 36.1 Å². The van der Waals surface area contributed by atoms with Crippen molar-refractivity contribution >= 4 is 29.4 Å². The number of alkyl halides is 1. The number of carbonyl (C=O) groups is 3. The molecule has 59 heavy (non-hydrogen) atoms. The average molecular weight is 827 g/mol. The van der Waals surface area contributed by atoms with E-state index in [1.807, 2.05) is 97.1 Å². The maximum atomic E-state index is 17.0. The number of aliphatic imine (C=N–C) groups is 1. The summed E-state index contributed by atoms with van der Waals surface area (Å²) in [5, 5.41) is 24.5. The van der Waals surface area contributed by atoms with E-state index < -0.39 is 88.8 Å². The molecule has 3 aliphatic heterocycles. The van der Waals surface area contributed by atoms with Crippen LogP contribution in [0.4, 0.5) is 4.39 Å². The van der Waals surface area contributed by atoms with Crippen molar-refractivity contribution < 1.29 is 47.9 Å². The number of hydrogen-bond acceptors (Lipinski definition) is 10. The Morgan fingerprint density at radius 2 is 1.73 bits per heavy atom. The molecule has 11 nitrogen and oxygen atoms in total. The highest BCUT2D eigenvalue weighted by atomic mass is 19.1. The number of rotatable bonds is 6. The molecule has 3 aliphatic rings. The molecular formula is C47H71FN2O9. The normalized spacial score (nSPS) is 39.8. The fourth-order valence-electron chi connectivity index (χ4n) is 9.45. The topological polar surface area (TPSA) is 144 Å². The van der Waals surface area contributed by atoms with Crippen molar-refractivity contribution in [3.8, 4) is 0 Å². The number of fused-ring (bicyclic) bond motifs is 5. The van der Waals surface area contributed by atoms with Gasteiger partial charge in [0.25, 0.3) is 5.67 Å². The summed E-state index contributed by atoms with van der Waals surface area (Å²) in [5.41, 5.74) is -4.29. The minimum absolute atomic E-state index is 0.0605. The third kappa shape index (κ3) is 11.2. The highest BCUT2D eigenvalue weighted by Crippen LogP contribution is 2.44. The van der Waals surface area contributed by atoms with Gasteiger partial charge in [-0.05, 0) is 111 Å². The van der Waals surface area contributed by atoms with E-state index in [1.165, 1.54) is 13.8 Å². The second-order valence-corrected chi connectivity index (χ2v) is 18.9. The van der Waals surface area contributed by atoms with Crippen molar-refractivity contribution in [3.05, 3.63) is 53.6 Å². The number of aliphatic hydroxyl groups excluding tert-OH is 1. The monoisotopic (exact) mass is 827 g/mol. The van der Waals surface area contributed by atoms with E-state index in [9.17, 15) is 24.6 Å². The van der Waals surface area contributed by atoms with E-state index in [0.29, 0.717) is 25.0 Å². The van der Waals surface area contributed by atoms with Gasteiger partial charge in [0.1, 0.15) is 17.8 Å². The summed E-state index contributed by atoms with van der Waals surface area (Å²) >= 11 is 0. The van der Waals surface area contributed by atoms with E-state index in [2.05, 4.69) is 9.89 Å². The summed E-state index contributed by atoms with van der Waals surface area (Å²) in [6.07, 6.45) is 2.09. The summed E-state index contributed by atoms with van der Waals surface area (Å²) in [4.78, 5) is 48.0. The number of nitrogens with zero attached hydrogens (tertiary/aromatic N) is 2. The van der Waals surface area contributed by atoms with Crippen LogP contribution in [0.2, 0.25) is 0 Å². The van der Waals surface area contributed by atoms with Gasteiger partial charge in [-0.2, -0.15) is 0 Å². The number of allylic oxidation sites excluding steroid dienone is 2. The first kappa shape index (κ1) is 48.5. The molecule has 3 heterocycles. The predicted molar refractivity (Wildman–Crippen MR) is 227 cm³/mol. The van der Waals surface area contributed by atoms with Gasteiger partial charge in [-0.25, -0.2) is 14.2 Å². The molecular weight excluding hydrogens is 756 g/mol. The largest absolute Gasteiger partial charge is 0.457 e. The minimum atomic E-state index is -3.15. The zero-order chi connectivity index (χ0) is 44.2. The van der Waals surface area contributed by atoms with E-state index in [4.69, 9.17) is 18.9 Å². The summed E-state index contributed by atoms with van der Waals surface area (Å²) in [6, 6.07) is 9.44. The third-order valence-corrected chi connectivity index (χ3v) is 13.1. The fourth-order valence-corrected chi connectivity index (χ4v) is 9.45. The van der Waals surface area contributed by atoms with Crippen molar-refractivity contribution in [2.24, 2.45) is 28.7 Å².